The van der Waals surface area contributed by atoms with Gasteiger partial charge in [-0.1, -0.05) is 72.8 Å². The lowest BCUT2D eigenvalue weighted by Gasteiger charge is -2.21. The fraction of sp³-hybridized carbons (Fsp3) is 0.0870. The van der Waals surface area contributed by atoms with Crippen molar-refractivity contribution in [1.29, 1.82) is 0 Å². The van der Waals surface area contributed by atoms with Crippen LogP contribution in [0.2, 0.25) is 0 Å². The van der Waals surface area contributed by atoms with Crippen LogP contribution >= 0.6 is 0 Å². The monoisotopic (exact) mass is 381 g/mol. The van der Waals surface area contributed by atoms with Crippen LogP contribution in [-0.4, -0.2) is 18.2 Å². The summed E-state index contributed by atoms with van der Waals surface area (Å²) in [4.78, 5) is 45.2. The predicted molar refractivity (Wildman–Crippen MR) is 107 cm³/mol. The van der Waals surface area contributed by atoms with Gasteiger partial charge in [0.1, 0.15) is 12.1 Å². The number of nitrogens with zero attached hydrogens (tertiary/aromatic N) is 3. The van der Waals surface area contributed by atoms with Crippen LogP contribution in [0.25, 0.3) is 0 Å². The van der Waals surface area contributed by atoms with E-state index in [-0.39, 0.29) is 5.69 Å². The quantitative estimate of drug-likeness (QED) is 0.446. The van der Waals surface area contributed by atoms with Crippen LogP contribution in [-0.2, 0) is 14.4 Å². The van der Waals surface area contributed by atoms with Gasteiger partial charge in [-0.25, -0.2) is 14.4 Å². The fourth-order valence-corrected chi connectivity index (χ4v) is 3.26. The van der Waals surface area contributed by atoms with Crippen molar-refractivity contribution < 1.29 is 14.4 Å². The molecule has 0 aromatic heterocycles. The van der Waals surface area contributed by atoms with E-state index in [0.717, 1.165) is 5.56 Å². The van der Waals surface area contributed by atoms with Gasteiger partial charge in [0.15, 0.2) is 0 Å². The molecule has 0 heterocycles. The van der Waals surface area contributed by atoms with E-state index in [1.807, 2.05) is 48.5 Å². The van der Waals surface area contributed by atoms with Crippen molar-refractivity contribution in [2.75, 3.05) is 0 Å². The first-order valence-corrected chi connectivity index (χ1v) is 8.74. The van der Waals surface area contributed by atoms with E-state index in [4.69, 9.17) is 0 Å². The van der Waals surface area contributed by atoms with Crippen molar-refractivity contribution in [1.82, 2.24) is 0 Å². The van der Waals surface area contributed by atoms with E-state index in [1.54, 1.807) is 42.5 Å². The lowest BCUT2D eigenvalue weighted by molar-refractivity contribution is 0.558. The molecule has 0 aliphatic heterocycles. The molecular formula is C23H15N3O3. The van der Waals surface area contributed by atoms with Gasteiger partial charge in [0, 0.05) is 5.56 Å². The number of carbonyl (C=O) groups excluding carboxylic acids is 3. The zero-order valence-corrected chi connectivity index (χ0v) is 15.2. The van der Waals surface area contributed by atoms with Gasteiger partial charge in [0.2, 0.25) is 18.2 Å². The zero-order chi connectivity index (χ0) is 20.5. The third-order valence-corrected chi connectivity index (χ3v) is 4.45. The number of isocyanates is 3. The normalized spacial score (nSPS) is 11.9. The first-order chi connectivity index (χ1) is 14.3. The molecule has 2 unspecified atom stereocenters. The molecule has 6 heteroatoms. The van der Waals surface area contributed by atoms with Crippen LogP contribution in [0.4, 0.5) is 5.69 Å². The lowest BCUT2D eigenvalue weighted by atomic mass is 9.87. The molecule has 0 amide bonds. The van der Waals surface area contributed by atoms with Crippen LogP contribution in [0.3, 0.4) is 0 Å². The summed E-state index contributed by atoms with van der Waals surface area (Å²) >= 11 is 0. The molecule has 2 atom stereocenters. The van der Waals surface area contributed by atoms with Gasteiger partial charge in [0.25, 0.3) is 0 Å². The number of hydrogen-bond donors (Lipinski definition) is 0. The van der Waals surface area contributed by atoms with E-state index < -0.39 is 12.1 Å². The van der Waals surface area contributed by atoms with Crippen molar-refractivity contribution in [3.63, 3.8) is 0 Å². The minimum absolute atomic E-state index is 0.285. The Kier molecular flexibility index (Phi) is 6.51. The van der Waals surface area contributed by atoms with Crippen LogP contribution in [0.15, 0.2) is 93.8 Å². The Morgan fingerprint density at radius 3 is 1.69 bits per heavy atom. The highest BCUT2D eigenvalue weighted by Crippen LogP contribution is 2.40. The molecular weight excluding hydrogens is 366 g/mol. The van der Waals surface area contributed by atoms with Crippen LogP contribution in [0, 0.1) is 0 Å². The summed E-state index contributed by atoms with van der Waals surface area (Å²) in [6, 6.07) is 21.8. The molecule has 140 valence electrons. The van der Waals surface area contributed by atoms with Gasteiger partial charge >= 0.3 is 0 Å². The summed E-state index contributed by atoms with van der Waals surface area (Å²) in [5.74, 6) is 0. The molecule has 0 saturated carbocycles. The molecule has 3 aromatic rings. The van der Waals surface area contributed by atoms with Crippen molar-refractivity contribution in [2.24, 2.45) is 15.0 Å². The second kappa shape index (κ2) is 9.65. The Balaban J connectivity index is 2.33. The molecule has 0 aliphatic rings. The number of rotatable bonds is 7. The maximum atomic E-state index is 11.2. The molecule has 0 N–H and O–H groups in total. The topological polar surface area (TPSA) is 88.3 Å². The Morgan fingerprint density at radius 2 is 1.14 bits per heavy atom. The Morgan fingerprint density at radius 1 is 0.586 bits per heavy atom. The van der Waals surface area contributed by atoms with Crippen LogP contribution < -0.4 is 0 Å². The average molecular weight is 381 g/mol. The van der Waals surface area contributed by atoms with E-state index >= 15 is 0 Å². The second-order valence-electron chi connectivity index (χ2n) is 6.05. The third-order valence-electron chi connectivity index (χ3n) is 4.45. The number of aliphatic imine (C=N–C) groups is 3. The van der Waals surface area contributed by atoms with Crippen LogP contribution in [0.5, 0.6) is 0 Å². The molecule has 3 rings (SSSR count). The predicted octanol–water partition coefficient (Wildman–Crippen LogP) is 4.50. The van der Waals surface area contributed by atoms with Crippen molar-refractivity contribution >= 4 is 23.9 Å². The molecule has 0 saturated heterocycles. The minimum Gasteiger partial charge on any atom is -0.211 e. The smallest absolute Gasteiger partial charge is 0.211 e. The van der Waals surface area contributed by atoms with Gasteiger partial charge in [0.05, 0.1) is 5.69 Å². The molecule has 0 aliphatic carbocycles. The molecule has 0 radical (unpaired) electrons. The van der Waals surface area contributed by atoms with Gasteiger partial charge in [-0.15, -0.1) is 0 Å². The standard InChI is InChI=1S/C23H15N3O3/c27-14-24-20-13-7-12-19(22(25-15-28)17-8-3-1-4-9-17)21(20)23(26-16-29)18-10-5-2-6-11-18/h1-13,22-23H. The Hall–Kier alpha value is -4.20. The zero-order valence-electron chi connectivity index (χ0n) is 15.2. The summed E-state index contributed by atoms with van der Waals surface area (Å²) in [5.41, 5.74) is 2.77. The van der Waals surface area contributed by atoms with Gasteiger partial charge < -0.3 is 0 Å². The highest BCUT2D eigenvalue weighted by Gasteiger charge is 2.26. The first-order valence-electron chi connectivity index (χ1n) is 8.74. The fourth-order valence-electron chi connectivity index (χ4n) is 3.26. The summed E-state index contributed by atoms with van der Waals surface area (Å²) in [5, 5.41) is 0. The van der Waals surface area contributed by atoms with Gasteiger partial charge in [-0.2, -0.15) is 15.0 Å². The molecule has 3 aromatic carbocycles. The number of benzene rings is 3. The second-order valence-corrected chi connectivity index (χ2v) is 6.05. The summed E-state index contributed by atoms with van der Waals surface area (Å²) in [6.07, 6.45) is 4.75. The third kappa shape index (κ3) is 4.38. The van der Waals surface area contributed by atoms with E-state index in [2.05, 4.69) is 15.0 Å². The summed E-state index contributed by atoms with van der Waals surface area (Å²) in [6.45, 7) is 0. The molecule has 6 nitrogen and oxygen atoms in total. The molecule has 0 spiro atoms. The van der Waals surface area contributed by atoms with E-state index in [1.165, 1.54) is 6.08 Å². The molecule has 0 bridgehead atoms. The average Bonchev–Trinajstić information content (AvgIpc) is 2.77. The van der Waals surface area contributed by atoms with Gasteiger partial charge in [-0.05, 0) is 22.8 Å². The Labute approximate surface area is 167 Å². The maximum Gasteiger partial charge on any atom is 0.240 e. The highest BCUT2D eigenvalue weighted by atomic mass is 16.1. The summed E-state index contributed by atoms with van der Waals surface area (Å²) < 4.78 is 0. The molecule has 0 fully saturated rings. The summed E-state index contributed by atoms with van der Waals surface area (Å²) in [7, 11) is 0. The number of hydrogen-bond acceptors (Lipinski definition) is 6. The van der Waals surface area contributed by atoms with Crippen molar-refractivity contribution in [3.05, 3.63) is 101 Å². The largest absolute Gasteiger partial charge is 0.240 e. The van der Waals surface area contributed by atoms with Crippen molar-refractivity contribution in [3.8, 4) is 0 Å². The highest BCUT2D eigenvalue weighted by molar-refractivity contribution is 5.62. The molecule has 29 heavy (non-hydrogen) atoms. The maximum absolute atomic E-state index is 11.2. The van der Waals surface area contributed by atoms with Gasteiger partial charge in [-0.3, -0.25) is 0 Å². The SMILES string of the molecule is O=C=Nc1cccc(C(N=C=O)c2ccccc2)c1C(N=C=O)c1ccccc1. The van der Waals surface area contributed by atoms with Crippen molar-refractivity contribution in [2.45, 2.75) is 12.1 Å². The first kappa shape index (κ1) is 19.6. The van der Waals surface area contributed by atoms with Crippen LogP contribution in [0.1, 0.15) is 34.3 Å². The van der Waals surface area contributed by atoms with E-state index in [0.29, 0.717) is 16.7 Å². The minimum atomic E-state index is -0.787. The lowest BCUT2D eigenvalue weighted by Crippen LogP contribution is -2.08. The van der Waals surface area contributed by atoms with E-state index in [9.17, 15) is 14.4 Å². The Bertz CT molecular complexity index is 1130.